The molecule has 1 aliphatic carbocycles. The van der Waals surface area contributed by atoms with Crippen molar-refractivity contribution in [1.29, 1.82) is 0 Å². The van der Waals surface area contributed by atoms with Crippen LogP contribution in [0.1, 0.15) is 66.0 Å². The van der Waals surface area contributed by atoms with E-state index >= 15 is 0 Å². The maximum atomic E-state index is 5.86. The van der Waals surface area contributed by atoms with Crippen LogP contribution in [0.5, 0.6) is 0 Å². The summed E-state index contributed by atoms with van der Waals surface area (Å²) in [5.41, 5.74) is 9.38. The average Bonchev–Trinajstić information content (AvgIpc) is 3.40. The molecule has 5 heteroatoms. The molecule has 4 aromatic rings. The number of hydrogen-bond acceptors (Lipinski definition) is 5. The summed E-state index contributed by atoms with van der Waals surface area (Å²) in [5.74, 6) is 1.03. The third-order valence-corrected chi connectivity index (χ3v) is 10.0. The molecule has 0 amide bonds. The van der Waals surface area contributed by atoms with Crippen LogP contribution in [-0.2, 0) is 10.8 Å². The lowest BCUT2D eigenvalue weighted by atomic mass is 9.68. The first-order valence-electron chi connectivity index (χ1n) is 12.2. The van der Waals surface area contributed by atoms with Crippen LogP contribution in [0.3, 0.4) is 0 Å². The van der Waals surface area contributed by atoms with Crippen LogP contribution in [0.2, 0.25) is 0 Å². The van der Waals surface area contributed by atoms with Crippen LogP contribution in [-0.4, -0.2) is 14.7 Å². The standard InChI is InChI=1S/C31H24N2S3/c1-30(2)21-11-7-12-22-25(21)33(28-23(30)13-8-14-32-28)29-24(31(22,3)4)16-17(36-29)15-20-26(34)18-9-5-6-10-19(18)27(20)35/h5-16H,1-4H3. The summed E-state index contributed by atoms with van der Waals surface area (Å²) in [4.78, 5) is 10.2. The molecule has 0 saturated heterocycles. The lowest BCUT2D eigenvalue weighted by Crippen LogP contribution is -2.37. The fourth-order valence-electron chi connectivity index (χ4n) is 6.08. The highest BCUT2D eigenvalue weighted by molar-refractivity contribution is 7.84. The second kappa shape index (κ2) is 7.28. The Balaban J connectivity index is 1.46. The summed E-state index contributed by atoms with van der Waals surface area (Å²) >= 11 is 13.5. The molecule has 0 spiro atoms. The highest BCUT2D eigenvalue weighted by Crippen LogP contribution is 2.61. The van der Waals surface area contributed by atoms with Crippen molar-refractivity contribution < 1.29 is 0 Å². The normalized spacial score (nSPS) is 17.9. The fraction of sp³-hybridized carbons (Fsp3) is 0.194. The minimum absolute atomic E-state index is 0.130. The van der Waals surface area contributed by atoms with Gasteiger partial charge in [-0.15, -0.1) is 11.3 Å². The average molecular weight is 521 g/mol. The number of hydrogen-bond donors (Lipinski definition) is 0. The van der Waals surface area contributed by atoms with Crippen molar-refractivity contribution in [3.05, 3.63) is 111 Å². The first-order chi connectivity index (χ1) is 17.2. The smallest absolute Gasteiger partial charge is 0.142 e. The number of nitrogens with zero attached hydrogens (tertiary/aromatic N) is 2. The minimum atomic E-state index is -0.146. The minimum Gasteiger partial charge on any atom is -0.285 e. The lowest BCUT2D eigenvalue weighted by Gasteiger charge is -2.47. The number of aromatic nitrogens is 1. The van der Waals surface area contributed by atoms with E-state index in [1.807, 2.05) is 24.4 Å². The number of pyridine rings is 1. The van der Waals surface area contributed by atoms with Gasteiger partial charge in [0.1, 0.15) is 10.8 Å². The van der Waals surface area contributed by atoms with E-state index in [1.165, 1.54) is 32.9 Å². The molecule has 3 aliphatic rings. The van der Waals surface area contributed by atoms with E-state index in [4.69, 9.17) is 29.4 Å². The predicted octanol–water partition coefficient (Wildman–Crippen LogP) is 8.42. The van der Waals surface area contributed by atoms with Gasteiger partial charge in [-0.2, -0.15) is 0 Å². The molecular weight excluding hydrogens is 497 g/mol. The molecule has 0 bridgehead atoms. The summed E-state index contributed by atoms with van der Waals surface area (Å²) in [6.07, 6.45) is 4.10. The van der Waals surface area contributed by atoms with Crippen LogP contribution in [0.4, 0.5) is 16.5 Å². The number of allylic oxidation sites excluding steroid dienone is 1. The number of anilines is 3. The monoisotopic (exact) mass is 520 g/mol. The summed E-state index contributed by atoms with van der Waals surface area (Å²) in [6, 6.07) is 21.6. The number of thiophene rings is 1. The number of thiocarbonyl (C=S) groups is 2. The Bertz CT molecular complexity index is 1650. The van der Waals surface area contributed by atoms with Gasteiger partial charge in [-0.05, 0) is 34.9 Å². The van der Waals surface area contributed by atoms with Gasteiger partial charge in [0.2, 0.25) is 0 Å². The first-order valence-corrected chi connectivity index (χ1v) is 13.8. The molecule has 0 fully saturated rings. The SMILES string of the molecule is CC1(C)c2cccnc2N2c3sc(C=C4C(=S)c5ccccc5C4=S)cc3C(C)(C)c3cccc1c32. The van der Waals surface area contributed by atoms with Crippen molar-refractivity contribution in [3.8, 4) is 0 Å². The molecule has 2 aliphatic heterocycles. The van der Waals surface area contributed by atoms with Crippen molar-refractivity contribution in [3.63, 3.8) is 0 Å². The molecule has 36 heavy (non-hydrogen) atoms. The maximum absolute atomic E-state index is 5.86. The van der Waals surface area contributed by atoms with Gasteiger partial charge < -0.3 is 0 Å². The van der Waals surface area contributed by atoms with Gasteiger partial charge >= 0.3 is 0 Å². The van der Waals surface area contributed by atoms with E-state index in [1.54, 1.807) is 11.3 Å². The molecule has 4 heterocycles. The predicted molar refractivity (Wildman–Crippen MR) is 159 cm³/mol. The van der Waals surface area contributed by atoms with Gasteiger partial charge in [0.25, 0.3) is 0 Å². The molecule has 0 N–H and O–H groups in total. The van der Waals surface area contributed by atoms with Gasteiger partial charge in [-0.25, -0.2) is 4.98 Å². The highest BCUT2D eigenvalue weighted by atomic mass is 32.1. The van der Waals surface area contributed by atoms with Crippen LogP contribution in [0.25, 0.3) is 6.08 Å². The number of para-hydroxylation sites is 1. The Hall–Kier alpha value is -2.99. The van der Waals surface area contributed by atoms with Gasteiger partial charge in [-0.3, -0.25) is 4.90 Å². The van der Waals surface area contributed by atoms with Crippen LogP contribution < -0.4 is 4.90 Å². The topological polar surface area (TPSA) is 16.1 Å². The zero-order valence-electron chi connectivity index (χ0n) is 20.5. The lowest BCUT2D eigenvalue weighted by molar-refractivity contribution is 0.596. The largest absolute Gasteiger partial charge is 0.285 e. The summed E-state index contributed by atoms with van der Waals surface area (Å²) in [5, 5.41) is 1.23. The van der Waals surface area contributed by atoms with E-state index in [2.05, 4.69) is 81.1 Å². The molecular formula is C31H24N2S3. The zero-order valence-corrected chi connectivity index (χ0v) is 23.0. The van der Waals surface area contributed by atoms with Crippen LogP contribution in [0, 0.1) is 0 Å². The third-order valence-electron chi connectivity index (χ3n) is 8.08. The molecule has 2 nitrogen and oxygen atoms in total. The van der Waals surface area contributed by atoms with Crippen molar-refractivity contribution in [2.75, 3.05) is 4.90 Å². The quantitative estimate of drug-likeness (QED) is 0.185. The van der Waals surface area contributed by atoms with Crippen molar-refractivity contribution in [2.24, 2.45) is 0 Å². The van der Waals surface area contributed by atoms with Crippen LogP contribution >= 0.6 is 35.8 Å². The highest BCUT2D eigenvalue weighted by Gasteiger charge is 2.46. The van der Waals surface area contributed by atoms with E-state index in [0.717, 1.165) is 37.1 Å². The zero-order chi connectivity index (χ0) is 25.0. The van der Waals surface area contributed by atoms with Crippen molar-refractivity contribution in [1.82, 2.24) is 4.98 Å². The molecule has 2 aromatic heterocycles. The number of fused-ring (bicyclic) bond motifs is 5. The number of benzene rings is 2. The Morgan fingerprint density at radius 2 is 1.39 bits per heavy atom. The Labute approximate surface area is 226 Å². The molecule has 0 saturated carbocycles. The van der Waals surface area contributed by atoms with E-state index < -0.39 is 0 Å². The fourth-order valence-corrected chi connectivity index (χ4v) is 8.09. The molecule has 0 atom stereocenters. The second-order valence-corrected chi connectivity index (χ2v) is 12.7. The first kappa shape index (κ1) is 22.2. The van der Waals surface area contributed by atoms with E-state index in [0.29, 0.717) is 0 Å². The summed E-state index contributed by atoms with van der Waals surface area (Å²) in [6.45, 7) is 9.30. The van der Waals surface area contributed by atoms with Crippen molar-refractivity contribution in [2.45, 2.75) is 38.5 Å². The number of rotatable bonds is 1. The molecule has 0 radical (unpaired) electrons. The molecule has 176 valence electrons. The van der Waals surface area contributed by atoms with Gasteiger partial charge in [0.05, 0.1) is 15.4 Å². The second-order valence-electron chi connectivity index (χ2n) is 10.8. The Kier molecular flexibility index (Phi) is 4.50. The summed E-state index contributed by atoms with van der Waals surface area (Å²) in [7, 11) is 0. The third kappa shape index (κ3) is 2.74. The Morgan fingerprint density at radius 1 is 0.778 bits per heavy atom. The van der Waals surface area contributed by atoms with Gasteiger partial charge in [0.15, 0.2) is 0 Å². The summed E-state index contributed by atoms with van der Waals surface area (Å²) < 4.78 is 0. The molecule has 2 aromatic carbocycles. The van der Waals surface area contributed by atoms with E-state index in [9.17, 15) is 0 Å². The molecule has 0 unspecified atom stereocenters. The molecule has 7 rings (SSSR count). The van der Waals surface area contributed by atoms with Crippen LogP contribution in [0.15, 0.2) is 72.4 Å². The maximum Gasteiger partial charge on any atom is 0.142 e. The van der Waals surface area contributed by atoms with Gasteiger partial charge in [-0.1, -0.05) is 101 Å². The van der Waals surface area contributed by atoms with Gasteiger partial charge in [0, 0.05) is 44.2 Å². The van der Waals surface area contributed by atoms with Crippen molar-refractivity contribution >= 4 is 68.1 Å². The Morgan fingerprint density at radius 3 is 2.06 bits per heavy atom. The van der Waals surface area contributed by atoms with E-state index in [-0.39, 0.29) is 10.8 Å².